The molecule has 0 aliphatic carbocycles. The summed E-state index contributed by atoms with van der Waals surface area (Å²) in [4.78, 5) is 29.2. The summed E-state index contributed by atoms with van der Waals surface area (Å²) in [5.74, 6) is 0. The van der Waals surface area contributed by atoms with E-state index in [2.05, 4.69) is 9.88 Å². The second kappa shape index (κ2) is 5.92. The number of halogens is 1. The van der Waals surface area contributed by atoms with Gasteiger partial charge in [0.1, 0.15) is 5.15 Å². The standard InChI is InChI=1S/C13H20ClN3O2/c1-3-5-10-11(14)15-13(19)17(12(10)18)9-6-4-7-16(2)8-9/h9H,3-8H2,1-2H3,(H,15,19). The van der Waals surface area contributed by atoms with Crippen LogP contribution in [0.15, 0.2) is 9.59 Å². The van der Waals surface area contributed by atoms with Crippen LogP contribution in [-0.4, -0.2) is 34.6 Å². The Balaban J connectivity index is 2.47. The van der Waals surface area contributed by atoms with E-state index >= 15 is 0 Å². The molecule has 106 valence electrons. The maximum absolute atomic E-state index is 12.4. The second-order valence-corrected chi connectivity index (χ2v) is 5.58. The van der Waals surface area contributed by atoms with Crippen molar-refractivity contribution >= 4 is 11.6 Å². The number of nitrogens with zero attached hydrogens (tertiary/aromatic N) is 2. The SMILES string of the molecule is CCCc1c(Cl)[nH]c(=O)n(C2CCCN(C)C2)c1=O. The Kier molecular flexibility index (Phi) is 4.47. The lowest BCUT2D eigenvalue weighted by Gasteiger charge is -2.30. The molecule has 0 saturated carbocycles. The van der Waals surface area contributed by atoms with Crippen LogP contribution in [0, 0.1) is 0 Å². The van der Waals surface area contributed by atoms with Crippen LogP contribution in [0.5, 0.6) is 0 Å². The van der Waals surface area contributed by atoms with E-state index in [0.29, 0.717) is 12.0 Å². The molecule has 2 rings (SSSR count). The van der Waals surface area contributed by atoms with E-state index in [9.17, 15) is 9.59 Å². The summed E-state index contributed by atoms with van der Waals surface area (Å²) in [6, 6.07) is -0.0529. The highest BCUT2D eigenvalue weighted by Crippen LogP contribution is 2.18. The normalized spacial score (nSPS) is 20.7. The van der Waals surface area contributed by atoms with Crippen molar-refractivity contribution < 1.29 is 0 Å². The number of likely N-dealkylation sites (N-methyl/N-ethyl adjacent to an activating group) is 1. The van der Waals surface area contributed by atoms with E-state index < -0.39 is 5.69 Å². The molecule has 1 saturated heterocycles. The van der Waals surface area contributed by atoms with Gasteiger partial charge < -0.3 is 4.90 Å². The molecule has 1 aromatic rings. The maximum atomic E-state index is 12.4. The number of H-pyrrole nitrogens is 1. The molecule has 1 fully saturated rings. The minimum atomic E-state index is -0.393. The fourth-order valence-corrected chi connectivity index (χ4v) is 2.97. The summed E-state index contributed by atoms with van der Waals surface area (Å²) in [5.41, 5.74) is -0.0944. The Morgan fingerprint density at radius 3 is 2.79 bits per heavy atom. The molecule has 1 aliphatic rings. The van der Waals surface area contributed by atoms with E-state index in [1.54, 1.807) is 0 Å². The van der Waals surface area contributed by atoms with Gasteiger partial charge in [0.15, 0.2) is 0 Å². The lowest BCUT2D eigenvalue weighted by Crippen LogP contribution is -2.45. The number of likely N-dealkylation sites (tertiary alicyclic amines) is 1. The van der Waals surface area contributed by atoms with Gasteiger partial charge in [-0.2, -0.15) is 0 Å². The van der Waals surface area contributed by atoms with E-state index in [1.807, 2.05) is 14.0 Å². The second-order valence-electron chi connectivity index (χ2n) is 5.21. The largest absolute Gasteiger partial charge is 0.329 e. The number of hydrogen-bond acceptors (Lipinski definition) is 3. The van der Waals surface area contributed by atoms with Crippen LogP contribution in [-0.2, 0) is 6.42 Å². The Morgan fingerprint density at radius 2 is 2.16 bits per heavy atom. The number of piperidine rings is 1. The third-order valence-corrected chi connectivity index (χ3v) is 3.96. The van der Waals surface area contributed by atoms with Gasteiger partial charge in [-0.15, -0.1) is 0 Å². The van der Waals surface area contributed by atoms with E-state index in [-0.39, 0.29) is 16.8 Å². The van der Waals surface area contributed by atoms with Gasteiger partial charge in [-0.1, -0.05) is 24.9 Å². The topological polar surface area (TPSA) is 58.1 Å². The molecule has 1 aliphatic heterocycles. The van der Waals surface area contributed by atoms with Crippen molar-refractivity contribution in [3.05, 3.63) is 31.6 Å². The van der Waals surface area contributed by atoms with Gasteiger partial charge in [0.2, 0.25) is 0 Å². The van der Waals surface area contributed by atoms with Crippen LogP contribution >= 0.6 is 11.6 Å². The molecule has 5 nitrogen and oxygen atoms in total. The molecule has 0 amide bonds. The van der Waals surface area contributed by atoms with Gasteiger partial charge >= 0.3 is 5.69 Å². The Labute approximate surface area is 117 Å². The zero-order valence-electron chi connectivity index (χ0n) is 11.4. The molecule has 0 bridgehead atoms. The molecule has 1 N–H and O–H groups in total. The first-order valence-electron chi connectivity index (χ1n) is 6.76. The summed E-state index contributed by atoms with van der Waals surface area (Å²) in [7, 11) is 2.01. The van der Waals surface area contributed by atoms with Crippen LogP contribution in [0.2, 0.25) is 5.15 Å². The van der Waals surface area contributed by atoms with Gasteiger partial charge in [0, 0.05) is 6.54 Å². The molecule has 19 heavy (non-hydrogen) atoms. The monoisotopic (exact) mass is 285 g/mol. The molecule has 1 atom stereocenters. The summed E-state index contributed by atoms with van der Waals surface area (Å²) in [5, 5.41) is 0.192. The van der Waals surface area contributed by atoms with Crippen molar-refractivity contribution in [2.45, 2.75) is 38.6 Å². The Hall–Kier alpha value is -1.07. The highest BCUT2D eigenvalue weighted by atomic mass is 35.5. The predicted molar refractivity (Wildman–Crippen MR) is 76.1 cm³/mol. The van der Waals surface area contributed by atoms with Gasteiger partial charge in [-0.25, -0.2) is 4.79 Å². The molecule has 0 radical (unpaired) electrons. The average Bonchev–Trinajstić information content (AvgIpc) is 2.34. The Bertz CT molecular complexity index is 564. The molecule has 0 spiro atoms. The molecular weight excluding hydrogens is 266 g/mol. The number of nitrogens with one attached hydrogen (secondary N) is 1. The highest BCUT2D eigenvalue weighted by molar-refractivity contribution is 6.30. The summed E-state index contributed by atoms with van der Waals surface area (Å²) in [6.07, 6.45) is 3.28. The number of aromatic nitrogens is 2. The molecular formula is C13H20ClN3O2. The molecule has 2 heterocycles. The minimum absolute atomic E-state index is 0.0529. The van der Waals surface area contributed by atoms with E-state index in [4.69, 9.17) is 11.6 Å². The first-order chi connectivity index (χ1) is 9.04. The first-order valence-corrected chi connectivity index (χ1v) is 7.14. The average molecular weight is 286 g/mol. The van der Waals surface area contributed by atoms with E-state index in [1.165, 1.54) is 4.57 Å². The Morgan fingerprint density at radius 1 is 1.42 bits per heavy atom. The number of rotatable bonds is 3. The third kappa shape index (κ3) is 2.92. The van der Waals surface area contributed by atoms with Crippen LogP contribution in [0.25, 0.3) is 0 Å². The van der Waals surface area contributed by atoms with Crippen molar-refractivity contribution in [3.8, 4) is 0 Å². The maximum Gasteiger partial charge on any atom is 0.329 e. The van der Waals surface area contributed by atoms with Gasteiger partial charge in [-0.05, 0) is 32.9 Å². The summed E-state index contributed by atoms with van der Waals surface area (Å²) < 4.78 is 1.35. The van der Waals surface area contributed by atoms with Crippen molar-refractivity contribution in [3.63, 3.8) is 0 Å². The smallest absolute Gasteiger partial charge is 0.304 e. The van der Waals surface area contributed by atoms with Crippen LogP contribution < -0.4 is 11.2 Å². The van der Waals surface area contributed by atoms with Crippen molar-refractivity contribution in [1.82, 2.24) is 14.5 Å². The number of hydrogen-bond donors (Lipinski definition) is 1. The lowest BCUT2D eigenvalue weighted by atomic mass is 10.1. The van der Waals surface area contributed by atoms with Crippen molar-refractivity contribution in [2.75, 3.05) is 20.1 Å². The third-order valence-electron chi connectivity index (χ3n) is 3.64. The lowest BCUT2D eigenvalue weighted by molar-refractivity contribution is 0.205. The fourth-order valence-electron chi connectivity index (χ4n) is 2.71. The molecule has 1 unspecified atom stereocenters. The van der Waals surface area contributed by atoms with Gasteiger partial charge in [0.25, 0.3) is 5.56 Å². The quantitative estimate of drug-likeness (QED) is 0.854. The van der Waals surface area contributed by atoms with Crippen molar-refractivity contribution in [1.29, 1.82) is 0 Å². The summed E-state index contributed by atoms with van der Waals surface area (Å²) in [6.45, 7) is 3.73. The summed E-state index contributed by atoms with van der Waals surface area (Å²) >= 11 is 5.97. The van der Waals surface area contributed by atoms with E-state index in [0.717, 1.165) is 32.4 Å². The zero-order valence-corrected chi connectivity index (χ0v) is 12.2. The molecule has 1 aromatic heterocycles. The molecule has 0 aromatic carbocycles. The number of aromatic amines is 1. The zero-order chi connectivity index (χ0) is 14.0. The first kappa shape index (κ1) is 14.3. The predicted octanol–water partition coefficient (Wildman–Crippen LogP) is 1.41. The highest BCUT2D eigenvalue weighted by Gasteiger charge is 2.23. The van der Waals surface area contributed by atoms with Crippen LogP contribution in [0.1, 0.15) is 37.8 Å². The minimum Gasteiger partial charge on any atom is -0.304 e. The van der Waals surface area contributed by atoms with Gasteiger partial charge in [0.05, 0.1) is 11.6 Å². The van der Waals surface area contributed by atoms with Gasteiger partial charge in [-0.3, -0.25) is 14.3 Å². The van der Waals surface area contributed by atoms with Crippen LogP contribution in [0.3, 0.4) is 0 Å². The fraction of sp³-hybridized carbons (Fsp3) is 0.692. The molecule has 6 heteroatoms. The van der Waals surface area contributed by atoms with Crippen molar-refractivity contribution in [2.24, 2.45) is 0 Å². The van der Waals surface area contributed by atoms with Crippen LogP contribution in [0.4, 0.5) is 0 Å².